The molecular formula is C17H20N2O3. The highest BCUT2D eigenvalue weighted by atomic mass is 16.4. The molecule has 0 amide bonds. The molecule has 0 radical (unpaired) electrons. The van der Waals surface area contributed by atoms with Crippen LogP contribution in [0.2, 0.25) is 0 Å². The number of aryl methyl sites for hydroxylation is 2. The third kappa shape index (κ3) is 3.61. The normalized spacial score (nSPS) is 10.9. The molecule has 1 aromatic carbocycles. The molecule has 0 saturated carbocycles. The zero-order valence-electron chi connectivity index (χ0n) is 13.0. The van der Waals surface area contributed by atoms with Crippen molar-refractivity contribution in [1.29, 1.82) is 0 Å². The Balaban J connectivity index is 2.39. The smallest absolute Gasteiger partial charge is 0.303 e. The molecule has 22 heavy (non-hydrogen) atoms. The summed E-state index contributed by atoms with van der Waals surface area (Å²) in [5, 5.41) is 13.1. The van der Waals surface area contributed by atoms with Crippen molar-refractivity contribution in [1.82, 2.24) is 9.78 Å². The average Bonchev–Trinajstić information content (AvgIpc) is 2.46. The number of nitrogens with zero attached hydrogens (tertiary/aromatic N) is 2. The third-order valence-corrected chi connectivity index (χ3v) is 3.56. The van der Waals surface area contributed by atoms with E-state index < -0.39 is 5.97 Å². The molecule has 0 fully saturated rings. The molecule has 0 aliphatic rings. The second-order valence-electron chi connectivity index (χ2n) is 5.65. The predicted octanol–water partition coefficient (Wildman–Crippen LogP) is 2.68. The number of hydrogen-bond donors (Lipinski definition) is 1. The van der Waals surface area contributed by atoms with Gasteiger partial charge >= 0.3 is 5.97 Å². The standard InChI is InChI=1S/C17H20N2O3/c1-11(2)13-4-6-14(7-5-13)19-12(3)10-16(20)15(18-19)8-9-17(21)22/h4-7,10-11H,8-9H2,1-3H3,(H,21,22). The highest BCUT2D eigenvalue weighted by Gasteiger charge is 2.10. The number of carboxylic acids is 1. The van der Waals surface area contributed by atoms with Crippen molar-refractivity contribution in [3.8, 4) is 5.69 Å². The molecule has 0 bridgehead atoms. The summed E-state index contributed by atoms with van der Waals surface area (Å²) in [5.41, 5.74) is 2.88. The van der Waals surface area contributed by atoms with E-state index in [1.54, 1.807) is 4.68 Å². The number of hydrogen-bond acceptors (Lipinski definition) is 3. The lowest BCUT2D eigenvalue weighted by atomic mass is 10.0. The Kier molecular flexibility index (Phi) is 4.75. The van der Waals surface area contributed by atoms with E-state index >= 15 is 0 Å². The van der Waals surface area contributed by atoms with Crippen LogP contribution in [0.4, 0.5) is 0 Å². The van der Waals surface area contributed by atoms with Crippen molar-refractivity contribution in [3.63, 3.8) is 0 Å². The van der Waals surface area contributed by atoms with Crippen LogP contribution in [0.1, 0.15) is 43.1 Å². The molecule has 0 spiro atoms. The molecule has 2 aromatic rings. The van der Waals surface area contributed by atoms with Crippen LogP contribution in [0.25, 0.3) is 5.69 Å². The Morgan fingerprint density at radius 2 is 1.91 bits per heavy atom. The Morgan fingerprint density at radius 3 is 2.45 bits per heavy atom. The van der Waals surface area contributed by atoms with Crippen LogP contribution in [0, 0.1) is 6.92 Å². The van der Waals surface area contributed by atoms with Gasteiger partial charge in [-0.1, -0.05) is 26.0 Å². The highest BCUT2D eigenvalue weighted by Crippen LogP contribution is 2.17. The number of benzene rings is 1. The van der Waals surface area contributed by atoms with Gasteiger partial charge in [-0.3, -0.25) is 9.59 Å². The molecule has 0 saturated heterocycles. The maximum Gasteiger partial charge on any atom is 0.303 e. The van der Waals surface area contributed by atoms with E-state index in [2.05, 4.69) is 18.9 Å². The third-order valence-electron chi connectivity index (χ3n) is 3.56. The van der Waals surface area contributed by atoms with E-state index in [0.29, 0.717) is 5.92 Å². The number of aromatic nitrogens is 2. The molecule has 1 N–H and O–H groups in total. The maximum absolute atomic E-state index is 11.9. The summed E-state index contributed by atoms with van der Waals surface area (Å²) in [6.07, 6.45) is 0.0378. The topological polar surface area (TPSA) is 72.2 Å². The minimum atomic E-state index is -0.936. The first kappa shape index (κ1) is 15.9. The Bertz CT molecular complexity index is 731. The summed E-state index contributed by atoms with van der Waals surface area (Å²) in [6.45, 7) is 6.06. The first-order valence-electron chi connectivity index (χ1n) is 7.30. The molecule has 5 heteroatoms. The van der Waals surface area contributed by atoms with Crippen molar-refractivity contribution in [2.24, 2.45) is 0 Å². The Morgan fingerprint density at radius 1 is 1.27 bits per heavy atom. The molecular weight excluding hydrogens is 280 g/mol. The fraction of sp³-hybridized carbons (Fsp3) is 0.353. The van der Waals surface area contributed by atoms with Gasteiger partial charge in [0.05, 0.1) is 12.1 Å². The minimum absolute atomic E-state index is 0.0996. The van der Waals surface area contributed by atoms with Crippen LogP contribution in [-0.4, -0.2) is 20.9 Å². The Hall–Kier alpha value is -2.43. The van der Waals surface area contributed by atoms with Gasteiger partial charge in [0.15, 0.2) is 0 Å². The van der Waals surface area contributed by atoms with E-state index in [1.165, 1.54) is 11.6 Å². The van der Waals surface area contributed by atoms with Crippen LogP contribution in [0.3, 0.4) is 0 Å². The summed E-state index contributed by atoms with van der Waals surface area (Å²) in [5.74, 6) is -0.488. The van der Waals surface area contributed by atoms with E-state index in [0.717, 1.165) is 11.4 Å². The second kappa shape index (κ2) is 6.56. The molecule has 5 nitrogen and oxygen atoms in total. The zero-order valence-corrected chi connectivity index (χ0v) is 13.0. The van der Waals surface area contributed by atoms with Gasteiger partial charge in [0.25, 0.3) is 0 Å². The predicted molar refractivity (Wildman–Crippen MR) is 84.6 cm³/mol. The lowest BCUT2D eigenvalue weighted by Crippen LogP contribution is -2.19. The molecule has 2 rings (SSSR count). The van der Waals surface area contributed by atoms with Crippen LogP contribution in [0.5, 0.6) is 0 Å². The van der Waals surface area contributed by atoms with Crippen LogP contribution < -0.4 is 5.43 Å². The van der Waals surface area contributed by atoms with Gasteiger partial charge < -0.3 is 5.11 Å². The van der Waals surface area contributed by atoms with Gasteiger partial charge in [-0.2, -0.15) is 5.10 Å². The first-order chi connectivity index (χ1) is 10.4. The van der Waals surface area contributed by atoms with Crippen molar-refractivity contribution >= 4 is 5.97 Å². The zero-order chi connectivity index (χ0) is 16.3. The molecule has 1 heterocycles. The van der Waals surface area contributed by atoms with E-state index in [9.17, 15) is 9.59 Å². The quantitative estimate of drug-likeness (QED) is 0.921. The SMILES string of the molecule is Cc1cc(=O)c(CCC(=O)O)nn1-c1ccc(C(C)C)cc1. The summed E-state index contributed by atoms with van der Waals surface area (Å²) >= 11 is 0. The number of rotatable bonds is 5. The second-order valence-corrected chi connectivity index (χ2v) is 5.65. The molecule has 116 valence electrons. The number of aliphatic carboxylic acids is 1. The monoisotopic (exact) mass is 300 g/mol. The fourth-order valence-electron chi connectivity index (χ4n) is 2.24. The maximum atomic E-state index is 11.9. The van der Waals surface area contributed by atoms with E-state index in [4.69, 9.17) is 5.11 Å². The van der Waals surface area contributed by atoms with Crippen molar-refractivity contribution in [3.05, 3.63) is 57.5 Å². The van der Waals surface area contributed by atoms with Gasteiger partial charge in [0, 0.05) is 18.2 Å². The highest BCUT2D eigenvalue weighted by molar-refractivity contribution is 5.66. The Labute approximate surface area is 129 Å². The lowest BCUT2D eigenvalue weighted by molar-refractivity contribution is -0.136. The number of carbonyl (C=O) groups is 1. The molecule has 1 aromatic heterocycles. The first-order valence-corrected chi connectivity index (χ1v) is 7.30. The van der Waals surface area contributed by atoms with Gasteiger partial charge in [-0.15, -0.1) is 0 Å². The fourth-order valence-corrected chi connectivity index (χ4v) is 2.24. The van der Waals surface area contributed by atoms with Crippen molar-refractivity contribution < 1.29 is 9.90 Å². The van der Waals surface area contributed by atoms with Crippen molar-refractivity contribution in [2.75, 3.05) is 0 Å². The lowest BCUT2D eigenvalue weighted by Gasteiger charge is -2.12. The van der Waals surface area contributed by atoms with Crippen LogP contribution >= 0.6 is 0 Å². The van der Waals surface area contributed by atoms with Crippen LogP contribution in [-0.2, 0) is 11.2 Å². The summed E-state index contributed by atoms with van der Waals surface area (Å²) in [6, 6.07) is 9.49. The summed E-state index contributed by atoms with van der Waals surface area (Å²) in [4.78, 5) is 22.6. The largest absolute Gasteiger partial charge is 0.481 e. The van der Waals surface area contributed by atoms with E-state index in [-0.39, 0.29) is 24.0 Å². The molecule has 0 atom stereocenters. The van der Waals surface area contributed by atoms with Gasteiger partial charge in [0.2, 0.25) is 5.43 Å². The molecule has 0 aliphatic heterocycles. The van der Waals surface area contributed by atoms with Gasteiger partial charge in [-0.25, -0.2) is 4.68 Å². The van der Waals surface area contributed by atoms with E-state index in [1.807, 2.05) is 31.2 Å². The average molecular weight is 300 g/mol. The van der Waals surface area contributed by atoms with Gasteiger partial charge in [0.1, 0.15) is 5.69 Å². The summed E-state index contributed by atoms with van der Waals surface area (Å²) in [7, 11) is 0. The van der Waals surface area contributed by atoms with Crippen molar-refractivity contribution in [2.45, 2.75) is 39.5 Å². The minimum Gasteiger partial charge on any atom is -0.481 e. The van der Waals surface area contributed by atoms with Gasteiger partial charge in [-0.05, 0) is 30.5 Å². The molecule has 0 unspecified atom stereocenters. The summed E-state index contributed by atoms with van der Waals surface area (Å²) < 4.78 is 1.68. The van der Waals surface area contributed by atoms with Crippen LogP contribution in [0.15, 0.2) is 35.1 Å². The molecule has 0 aliphatic carbocycles. The number of carboxylic acid groups (broad SMARTS) is 1.